The lowest BCUT2D eigenvalue weighted by Gasteiger charge is -2.16. The molecular formula is C24H24N4O4S2. The van der Waals surface area contributed by atoms with E-state index in [0.717, 1.165) is 36.1 Å². The van der Waals surface area contributed by atoms with Crippen molar-refractivity contribution in [3.8, 4) is 11.4 Å². The van der Waals surface area contributed by atoms with Crippen LogP contribution >= 0.6 is 23.1 Å². The molecular weight excluding hydrogens is 472 g/mol. The first-order chi connectivity index (χ1) is 16.4. The summed E-state index contributed by atoms with van der Waals surface area (Å²) in [7, 11) is 1.60. The summed E-state index contributed by atoms with van der Waals surface area (Å²) in [5.41, 5.74) is 1.71. The molecule has 1 aromatic carbocycles. The zero-order valence-electron chi connectivity index (χ0n) is 19.1. The summed E-state index contributed by atoms with van der Waals surface area (Å²) < 4.78 is 11.9. The quantitative estimate of drug-likeness (QED) is 0.304. The fourth-order valence-corrected chi connectivity index (χ4v) is 6.32. The molecule has 8 nitrogen and oxygen atoms in total. The lowest BCUT2D eigenvalue weighted by atomic mass is 9.97. The summed E-state index contributed by atoms with van der Waals surface area (Å²) in [6, 6.07) is 8.95. The van der Waals surface area contributed by atoms with Crippen LogP contribution in [0, 0.1) is 6.92 Å². The number of anilines is 1. The Bertz CT molecular complexity index is 1420. The lowest BCUT2D eigenvalue weighted by Crippen LogP contribution is -2.26. The second kappa shape index (κ2) is 9.27. The molecule has 3 aromatic heterocycles. The fourth-order valence-electron chi connectivity index (χ4n) is 4.09. The molecule has 1 N–H and O–H groups in total. The van der Waals surface area contributed by atoms with Gasteiger partial charge in [0, 0.05) is 10.9 Å². The molecule has 1 aliphatic carbocycles. The zero-order valence-corrected chi connectivity index (χ0v) is 20.7. The molecule has 0 saturated carbocycles. The van der Waals surface area contributed by atoms with Crippen molar-refractivity contribution in [2.45, 2.75) is 49.9 Å². The second-order valence-electron chi connectivity index (χ2n) is 8.20. The molecule has 1 unspecified atom stereocenters. The summed E-state index contributed by atoms with van der Waals surface area (Å²) in [5.74, 6) is 1.41. The average Bonchev–Trinajstić information content (AvgIpc) is 3.42. The highest BCUT2D eigenvalue weighted by Crippen LogP contribution is 2.36. The van der Waals surface area contributed by atoms with E-state index in [-0.39, 0.29) is 11.5 Å². The van der Waals surface area contributed by atoms with Gasteiger partial charge in [0.15, 0.2) is 11.0 Å². The Hall–Kier alpha value is -3.11. The van der Waals surface area contributed by atoms with E-state index in [4.69, 9.17) is 14.2 Å². The predicted molar refractivity (Wildman–Crippen MR) is 134 cm³/mol. The number of rotatable bonds is 6. The van der Waals surface area contributed by atoms with Crippen LogP contribution in [-0.4, -0.2) is 33.0 Å². The Morgan fingerprint density at radius 2 is 2.03 bits per heavy atom. The number of ether oxygens (including phenoxy) is 1. The minimum Gasteiger partial charge on any atom is -0.497 e. The number of methoxy groups -OCH3 is 1. The van der Waals surface area contributed by atoms with Gasteiger partial charge in [0.1, 0.15) is 16.3 Å². The zero-order chi connectivity index (χ0) is 23.8. The van der Waals surface area contributed by atoms with E-state index < -0.39 is 5.25 Å². The standard InChI is InChI=1S/C24H24N4O4S2/c1-13-12-19(27-32-13)25-21(29)14(2)33-24-26-22-20(17-6-4-5-7-18(17)34-22)23(30)28(24)15-8-10-16(31-3)11-9-15/h8-12,14H,4-7H2,1-3H3,(H,25,27,29). The predicted octanol–water partition coefficient (Wildman–Crippen LogP) is 4.75. The number of nitrogens with zero attached hydrogens (tertiary/aromatic N) is 3. The van der Waals surface area contributed by atoms with E-state index >= 15 is 0 Å². The minimum atomic E-state index is -0.527. The van der Waals surface area contributed by atoms with Crippen LogP contribution in [0.5, 0.6) is 5.75 Å². The number of fused-ring (bicyclic) bond motifs is 3. The largest absolute Gasteiger partial charge is 0.497 e. The SMILES string of the molecule is COc1ccc(-n2c(SC(C)C(=O)Nc3cc(C)on3)nc3sc4c(c3c2=O)CCCC4)cc1. The van der Waals surface area contributed by atoms with E-state index in [2.05, 4.69) is 10.5 Å². The van der Waals surface area contributed by atoms with E-state index in [1.807, 2.05) is 24.3 Å². The summed E-state index contributed by atoms with van der Waals surface area (Å²) >= 11 is 2.84. The van der Waals surface area contributed by atoms with E-state index in [9.17, 15) is 9.59 Å². The van der Waals surface area contributed by atoms with Crippen molar-refractivity contribution in [2.24, 2.45) is 0 Å². The smallest absolute Gasteiger partial charge is 0.267 e. The number of amides is 1. The molecule has 0 bridgehead atoms. The molecule has 5 rings (SSSR count). The van der Waals surface area contributed by atoms with Gasteiger partial charge in [-0.3, -0.25) is 14.2 Å². The molecule has 4 aromatic rings. The fraction of sp³-hybridized carbons (Fsp3) is 0.333. The molecule has 3 heterocycles. The van der Waals surface area contributed by atoms with Crippen LogP contribution in [0.15, 0.2) is 44.8 Å². The van der Waals surface area contributed by atoms with Crippen molar-refractivity contribution >= 4 is 45.0 Å². The maximum absolute atomic E-state index is 13.8. The van der Waals surface area contributed by atoms with Crippen molar-refractivity contribution in [3.63, 3.8) is 0 Å². The lowest BCUT2D eigenvalue weighted by molar-refractivity contribution is -0.115. The van der Waals surface area contributed by atoms with Crippen molar-refractivity contribution in [2.75, 3.05) is 12.4 Å². The van der Waals surface area contributed by atoms with E-state index in [0.29, 0.717) is 33.6 Å². The Morgan fingerprint density at radius 1 is 1.26 bits per heavy atom. The molecule has 10 heteroatoms. The van der Waals surface area contributed by atoms with Gasteiger partial charge in [-0.2, -0.15) is 0 Å². The third kappa shape index (κ3) is 4.23. The van der Waals surface area contributed by atoms with Crippen LogP contribution in [0.3, 0.4) is 0 Å². The third-order valence-electron chi connectivity index (χ3n) is 5.82. The van der Waals surface area contributed by atoms with Crippen LogP contribution in [-0.2, 0) is 17.6 Å². The number of carbonyl (C=O) groups excluding carboxylic acids is 1. The topological polar surface area (TPSA) is 99.2 Å². The number of aryl methyl sites for hydroxylation is 3. The summed E-state index contributed by atoms with van der Waals surface area (Å²) in [6.07, 6.45) is 4.09. The molecule has 1 amide bonds. The first kappa shape index (κ1) is 22.7. The summed E-state index contributed by atoms with van der Waals surface area (Å²) in [4.78, 5) is 33.6. The monoisotopic (exact) mass is 496 g/mol. The van der Waals surface area contributed by atoms with Gasteiger partial charge >= 0.3 is 0 Å². The van der Waals surface area contributed by atoms with Crippen LogP contribution in [0.4, 0.5) is 5.82 Å². The number of thiophene rings is 1. The summed E-state index contributed by atoms with van der Waals surface area (Å²) in [5, 5.41) is 7.23. The van der Waals surface area contributed by atoms with Gasteiger partial charge in [0.2, 0.25) is 5.91 Å². The van der Waals surface area contributed by atoms with Crippen molar-refractivity contribution < 1.29 is 14.1 Å². The maximum atomic E-state index is 13.8. The first-order valence-electron chi connectivity index (χ1n) is 11.1. The molecule has 0 radical (unpaired) electrons. The van der Waals surface area contributed by atoms with Gasteiger partial charge in [-0.25, -0.2) is 4.98 Å². The highest BCUT2D eigenvalue weighted by atomic mass is 32.2. The van der Waals surface area contributed by atoms with Crippen LogP contribution < -0.4 is 15.6 Å². The van der Waals surface area contributed by atoms with E-state index in [1.165, 1.54) is 16.6 Å². The summed E-state index contributed by atoms with van der Waals surface area (Å²) in [6.45, 7) is 3.54. The Labute approximate surface area is 204 Å². The first-order valence-corrected chi connectivity index (χ1v) is 12.8. The Balaban J connectivity index is 1.57. The minimum absolute atomic E-state index is 0.100. The molecule has 0 spiro atoms. The van der Waals surface area contributed by atoms with Crippen molar-refractivity contribution in [3.05, 3.63) is 56.9 Å². The highest BCUT2D eigenvalue weighted by Gasteiger charge is 2.25. The van der Waals surface area contributed by atoms with Crippen LogP contribution in [0.2, 0.25) is 0 Å². The average molecular weight is 497 g/mol. The number of nitrogens with one attached hydrogen (secondary N) is 1. The number of aromatic nitrogens is 3. The number of benzene rings is 1. The second-order valence-corrected chi connectivity index (χ2v) is 10.6. The number of thioether (sulfide) groups is 1. The van der Waals surface area contributed by atoms with Crippen LogP contribution in [0.25, 0.3) is 15.9 Å². The van der Waals surface area contributed by atoms with Gasteiger partial charge in [0.05, 0.1) is 23.4 Å². The molecule has 1 aliphatic rings. The molecule has 0 aliphatic heterocycles. The number of carbonyl (C=O) groups is 1. The highest BCUT2D eigenvalue weighted by molar-refractivity contribution is 8.00. The third-order valence-corrected chi connectivity index (χ3v) is 8.06. The van der Waals surface area contributed by atoms with Crippen molar-refractivity contribution in [1.82, 2.24) is 14.7 Å². The van der Waals surface area contributed by atoms with Gasteiger partial charge in [0.25, 0.3) is 5.56 Å². The molecule has 176 valence electrons. The van der Waals surface area contributed by atoms with Gasteiger partial charge in [-0.1, -0.05) is 16.9 Å². The Morgan fingerprint density at radius 3 is 2.74 bits per heavy atom. The van der Waals surface area contributed by atoms with Crippen molar-refractivity contribution in [1.29, 1.82) is 0 Å². The Kier molecular flexibility index (Phi) is 6.18. The molecule has 0 fully saturated rings. The van der Waals surface area contributed by atoms with Gasteiger partial charge < -0.3 is 14.6 Å². The number of hydrogen-bond acceptors (Lipinski definition) is 8. The van der Waals surface area contributed by atoms with Gasteiger partial charge in [-0.05, 0) is 69.4 Å². The maximum Gasteiger partial charge on any atom is 0.267 e. The number of hydrogen-bond donors (Lipinski definition) is 1. The molecule has 34 heavy (non-hydrogen) atoms. The molecule has 1 atom stereocenters. The molecule has 0 saturated heterocycles. The van der Waals surface area contributed by atoms with Crippen LogP contribution in [0.1, 0.15) is 36.0 Å². The normalized spacial score (nSPS) is 14.1. The van der Waals surface area contributed by atoms with E-state index in [1.54, 1.807) is 42.9 Å². The van der Waals surface area contributed by atoms with Gasteiger partial charge in [-0.15, -0.1) is 11.3 Å².